The molecule has 0 saturated heterocycles. The molecule has 8 nitrogen and oxygen atoms in total. The number of hydrogen-bond acceptors (Lipinski definition) is 8. The lowest BCUT2D eigenvalue weighted by atomic mass is 9.95. The van der Waals surface area contributed by atoms with Gasteiger partial charge in [-0.05, 0) is 114 Å². The second-order valence-corrected chi connectivity index (χ2v) is 12.1. The number of carbonyl (C=O) groups is 1. The van der Waals surface area contributed by atoms with E-state index >= 15 is 0 Å². The maximum Gasteiger partial charge on any atom is 0.338 e. The summed E-state index contributed by atoms with van der Waals surface area (Å²) in [5.74, 6) is 1.39. The first-order valence-corrected chi connectivity index (χ1v) is 16.0. The molecule has 0 N–H and O–H groups in total. The van der Waals surface area contributed by atoms with Crippen LogP contribution >= 0.6 is 56.5 Å². The maximum absolute atomic E-state index is 14.0. The Morgan fingerprint density at radius 1 is 1.05 bits per heavy atom. The highest BCUT2D eigenvalue weighted by Gasteiger charge is 2.34. The molecule has 0 spiro atoms. The van der Waals surface area contributed by atoms with Gasteiger partial charge in [-0.2, -0.15) is 0 Å². The van der Waals surface area contributed by atoms with Gasteiger partial charge in [0.25, 0.3) is 5.56 Å². The maximum atomic E-state index is 14.0. The van der Waals surface area contributed by atoms with Gasteiger partial charge in [0, 0.05) is 0 Å². The fourth-order valence-corrected chi connectivity index (χ4v) is 7.61. The van der Waals surface area contributed by atoms with Crippen molar-refractivity contribution >= 4 is 68.6 Å². The van der Waals surface area contributed by atoms with Gasteiger partial charge in [-0.15, -0.1) is 0 Å². The Bertz CT molecular complexity index is 1670. The molecule has 0 fully saturated rings. The fourth-order valence-electron chi connectivity index (χ4n) is 4.44. The molecule has 216 valence electrons. The summed E-state index contributed by atoms with van der Waals surface area (Å²) in [6.45, 7) is 12.5. The summed E-state index contributed by atoms with van der Waals surface area (Å²) in [5.41, 5.74) is 2.10. The highest BCUT2D eigenvalue weighted by atomic mass is 127. The number of ether oxygens (including phenoxy) is 4. The lowest BCUT2D eigenvalue weighted by Gasteiger charge is -2.25. The standard InChI is InChI=1S/C30H30I2N2O6S/c1-6-12-40-27-20(31)13-18(14-21(27)32)15-24-28(35)34-26(19-10-11-22(37-7-2)23(16-19)38-8-3)25(29(36)39-9-4)17(5)33-30(34)41-24/h6,10-11,13-16,26H,1,7-9,12H2,2-5H3/b24-15-/t26-/m1/s1. The van der Waals surface area contributed by atoms with E-state index in [0.29, 0.717) is 57.5 Å². The van der Waals surface area contributed by atoms with Crippen molar-refractivity contribution in [2.75, 3.05) is 26.4 Å². The zero-order chi connectivity index (χ0) is 29.7. The van der Waals surface area contributed by atoms with Gasteiger partial charge in [0.15, 0.2) is 16.3 Å². The van der Waals surface area contributed by atoms with Crippen molar-refractivity contribution in [3.63, 3.8) is 0 Å². The molecule has 1 aliphatic heterocycles. The number of hydrogen-bond donors (Lipinski definition) is 0. The predicted octanol–water partition coefficient (Wildman–Crippen LogP) is 5.37. The molecule has 0 unspecified atom stereocenters. The minimum Gasteiger partial charge on any atom is -0.490 e. The number of halogens is 2. The first-order valence-electron chi connectivity index (χ1n) is 13.1. The Morgan fingerprint density at radius 2 is 1.73 bits per heavy atom. The van der Waals surface area contributed by atoms with E-state index in [-0.39, 0.29) is 12.2 Å². The molecule has 2 aromatic carbocycles. The number of carbonyl (C=O) groups excluding carboxylic acids is 1. The summed E-state index contributed by atoms with van der Waals surface area (Å²) in [5, 5.41) is 0. The zero-order valence-electron chi connectivity index (χ0n) is 23.2. The van der Waals surface area contributed by atoms with Crippen LogP contribution in [0.5, 0.6) is 17.2 Å². The fraction of sp³-hybridized carbons (Fsp3) is 0.300. The zero-order valence-corrected chi connectivity index (χ0v) is 28.3. The molecule has 1 aliphatic rings. The van der Waals surface area contributed by atoms with Crippen molar-refractivity contribution in [3.05, 3.63) is 92.2 Å². The summed E-state index contributed by atoms with van der Waals surface area (Å²) < 4.78 is 26.7. The third-order valence-corrected chi connectivity index (χ3v) is 8.65. The summed E-state index contributed by atoms with van der Waals surface area (Å²) in [6.07, 6.45) is 3.54. The Hall–Kier alpha value is -2.65. The molecule has 0 aliphatic carbocycles. The molecular weight excluding hydrogens is 770 g/mol. The van der Waals surface area contributed by atoms with Crippen LogP contribution in [0.15, 0.2) is 64.0 Å². The van der Waals surface area contributed by atoms with Gasteiger partial charge in [0.2, 0.25) is 0 Å². The van der Waals surface area contributed by atoms with Gasteiger partial charge in [-0.25, -0.2) is 9.79 Å². The minimum atomic E-state index is -0.753. The van der Waals surface area contributed by atoms with Gasteiger partial charge >= 0.3 is 5.97 Å². The van der Waals surface area contributed by atoms with Gasteiger partial charge in [-0.1, -0.05) is 30.1 Å². The normalized spacial score (nSPS) is 14.8. The van der Waals surface area contributed by atoms with Crippen molar-refractivity contribution in [2.24, 2.45) is 4.99 Å². The highest BCUT2D eigenvalue weighted by Crippen LogP contribution is 2.36. The number of rotatable bonds is 11. The number of thiazole rings is 1. The van der Waals surface area contributed by atoms with E-state index < -0.39 is 12.0 Å². The third-order valence-electron chi connectivity index (χ3n) is 6.06. The van der Waals surface area contributed by atoms with E-state index in [1.165, 1.54) is 11.3 Å². The van der Waals surface area contributed by atoms with Crippen LogP contribution < -0.4 is 29.1 Å². The Morgan fingerprint density at radius 3 is 2.37 bits per heavy atom. The average molecular weight is 800 g/mol. The average Bonchev–Trinajstić information content (AvgIpc) is 3.22. The van der Waals surface area contributed by atoms with Crippen molar-refractivity contribution in [1.29, 1.82) is 0 Å². The number of benzene rings is 2. The number of nitrogens with zero attached hydrogens (tertiary/aromatic N) is 2. The summed E-state index contributed by atoms with van der Waals surface area (Å²) in [6, 6.07) is 8.65. The van der Waals surface area contributed by atoms with Crippen LogP contribution in [0.1, 0.15) is 44.9 Å². The van der Waals surface area contributed by atoms with Gasteiger partial charge in [-0.3, -0.25) is 9.36 Å². The van der Waals surface area contributed by atoms with E-state index in [0.717, 1.165) is 18.5 Å². The second-order valence-electron chi connectivity index (χ2n) is 8.79. The van der Waals surface area contributed by atoms with Crippen LogP contribution in [0.3, 0.4) is 0 Å². The number of allylic oxidation sites excluding steroid dienone is 1. The number of fused-ring (bicyclic) bond motifs is 1. The second kappa shape index (κ2) is 14.0. The molecular formula is C30H30I2N2O6S. The SMILES string of the molecule is C=CCOc1c(I)cc(/C=c2\sc3n(c2=O)[C@H](c2ccc(OCC)c(OCC)c2)C(C(=O)OCC)=C(C)N=3)cc1I. The highest BCUT2D eigenvalue weighted by molar-refractivity contribution is 14.1. The van der Waals surface area contributed by atoms with Crippen LogP contribution in [0.2, 0.25) is 0 Å². The topological polar surface area (TPSA) is 88.3 Å². The Labute approximate surface area is 269 Å². The molecule has 0 bridgehead atoms. The van der Waals surface area contributed by atoms with E-state index in [1.54, 1.807) is 30.6 Å². The molecule has 4 rings (SSSR count). The lowest BCUT2D eigenvalue weighted by Crippen LogP contribution is -2.40. The van der Waals surface area contributed by atoms with Crippen LogP contribution in [0.25, 0.3) is 6.08 Å². The molecule has 0 radical (unpaired) electrons. The van der Waals surface area contributed by atoms with E-state index in [2.05, 4.69) is 56.8 Å². The molecule has 2 heterocycles. The van der Waals surface area contributed by atoms with Crippen molar-refractivity contribution in [3.8, 4) is 17.2 Å². The van der Waals surface area contributed by atoms with Crippen LogP contribution in [0, 0.1) is 7.14 Å². The van der Waals surface area contributed by atoms with Gasteiger partial charge < -0.3 is 18.9 Å². The number of esters is 1. The summed E-state index contributed by atoms with van der Waals surface area (Å²) >= 11 is 5.73. The third kappa shape index (κ3) is 6.72. The molecule has 3 aromatic rings. The summed E-state index contributed by atoms with van der Waals surface area (Å²) in [7, 11) is 0. The summed E-state index contributed by atoms with van der Waals surface area (Å²) in [4.78, 5) is 32.4. The first kappa shape index (κ1) is 31.3. The molecule has 0 amide bonds. The van der Waals surface area contributed by atoms with Crippen LogP contribution in [-0.4, -0.2) is 37.0 Å². The van der Waals surface area contributed by atoms with Crippen LogP contribution in [0.4, 0.5) is 0 Å². The van der Waals surface area contributed by atoms with Crippen molar-refractivity contribution in [1.82, 2.24) is 4.57 Å². The van der Waals surface area contributed by atoms with Crippen LogP contribution in [-0.2, 0) is 9.53 Å². The first-order chi connectivity index (χ1) is 19.7. The van der Waals surface area contributed by atoms with Gasteiger partial charge in [0.1, 0.15) is 12.4 Å². The van der Waals surface area contributed by atoms with E-state index in [9.17, 15) is 9.59 Å². The molecule has 41 heavy (non-hydrogen) atoms. The molecule has 1 aromatic heterocycles. The smallest absolute Gasteiger partial charge is 0.338 e. The van der Waals surface area contributed by atoms with E-state index in [4.69, 9.17) is 18.9 Å². The van der Waals surface area contributed by atoms with E-state index in [1.807, 2.05) is 44.2 Å². The largest absolute Gasteiger partial charge is 0.490 e. The minimum absolute atomic E-state index is 0.198. The molecule has 1 atom stereocenters. The molecule has 0 saturated carbocycles. The molecule has 11 heteroatoms. The quantitative estimate of drug-likeness (QED) is 0.147. The Balaban J connectivity index is 1.91. The van der Waals surface area contributed by atoms with Gasteiger partial charge in [0.05, 0.1) is 48.8 Å². The lowest BCUT2D eigenvalue weighted by molar-refractivity contribution is -0.139. The predicted molar refractivity (Wildman–Crippen MR) is 177 cm³/mol. The van der Waals surface area contributed by atoms with Crippen molar-refractivity contribution in [2.45, 2.75) is 33.7 Å². The Kier molecular flexibility index (Phi) is 10.7. The number of aromatic nitrogens is 1. The van der Waals surface area contributed by atoms with Crippen molar-refractivity contribution < 1.29 is 23.7 Å². The monoisotopic (exact) mass is 800 g/mol.